The van der Waals surface area contributed by atoms with Crippen molar-refractivity contribution < 1.29 is 9.53 Å². The van der Waals surface area contributed by atoms with Crippen LogP contribution >= 0.6 is 27.3 Å². The number of carbonyl (C=O) groups is 1. The maximum Gasteiger partial charge on any atom is 0.328 e. The summed E-state index contributed by atoms with van der Waals surface area (Å²) >= 11 is 4.70. The molecule has 0 atom stereocenters. The Morgan fingerprint density at radius 2 is 2.15 bits per heavy atom. The molecule has 2 heterocycles. The molecular formula is C13H15BrN2O3S. The predicted molar refractivity (Wildman–Crippen MR) is 82.2 cm³/mol. The Morgan fingerprint density at radius 3 is 2.75 bits per heavy atom. The zero-order valence-electron chi connectivity index (χ0n) is 11.7. The number of aromatic nitrogens is 2. The fourth-order valence-electron chi connectivity index (χ4n) is 1.79. The number of hydrogen-bond acceptors (Lipinski definition) is 5. The van der Waals surface area contributed by atoms with E-state index >= 15 is 0 Å². The van der Waals surface area contributed by atoms with Gasteiger partial charge in [-0.3, -0.25) is 9.59 Å². The van der Waals surface area contributed by atoms with E-state index in [1.807, 2.05) is 13.0 Å². The molecule has 0 N–H and O–H groups in total. The molecule has 0 amide bonds. The highest BCUT2D eigenvalue weighted by Gasteiger charge is 2.19. The fraction of sp³-hybridized carbons (Fsp3) is 0.462. The van der Waals surface area contributed by atoms with Crippen molar-refractivity contribution in [1.29, 1.82) is 0 Å². The Kier molecular flexibility index (Phi) is 4.02. The Hall–Kier alpha value is -1.21. The minimum Gasteiger partial charge on any atom is -0.459 e. The highest BCUT2D eigenvalue weighted by Crippen LogP contribution is 2.28. The van der Waals surface area contributed by atoms with E-state index in [0.717, 1.165) is 13.9 Å². The second kappa shape index (κ2) is 5.29. The van der Waals surface area contributed by atoms with Gasteiger partial charge in [0.25, 0.3) is 5.56 Å². The zero-order valence-corrected chi connectivity index (χ0v) is 14.1. The van der Waals surface area contributed by atoms with E-state index in [-0.39, 0.29) is 12.1 Å². The molecule has 0 aliphatic carbocycles. The van der Waals surface area contributed by atoms with Crippen LogP contribution in [0.15, 0.2) is 14.6 Å². The van der Waals surface area contributed by atoms with Gasteiger partial charge in [-0.05, 0) is 49.7 Å². The minimum absolute atomic E-state index is 0.178. The van der Waals surface area contributed by atoms with Gasteiger partial charge < -0.3 is 4.74 Å². The topological polar surface area (TPSA) is 61.2 Å². The number of esters is 1. The van der Waals surface area contributed by atoms with Gasteiger partial charge in [0.2, 0.25) is 0 Å². The highest BCUT2D eigenvalue weighted by molar-refractivity contribution is 9.11. The summed E-state index contributed by atoms with van der Waals surface area (Å²) in [6.07, 6.45) is 0. The molecule has 0 aliphatic heterocycles. The Labute approximate surface area is 128 Å². The van der Waals surface area contributed by atoms with Crippen LogP contribution in [-0.2, 0) is 16.1 Å². The molecule has 0 aromatic carbocycles. The van der Waals surface area contributed by atoms with E-state index in [1.54, 1.807) is 20.8 Å². The summed E-state index contributed by atoms with van der Waals surface area (Å²) in [7, 11) is 0. The fourth-order valence-corrected chi connectivity index (χ4v) is 3.38. The summed E-state index contributed by atoms with van der Waals surface area (Å²) in [5, 5.41) is 4.99. The summed E-state index contributed by atoms with van der Waals surface area (Å²) in [5.74, 6) is -0.471. The van der Waals surface area contributed by atoms with E-state index in [9.17, 15) is 9.59 Å². The van der Waals surface area contributed by atoms with Gasteiger partial charge in [0.15, 0.2) is 0 Å². The number of carbonyl (C=O) groups excluding carboxylic acids is 1. The molecule has 2 aromatic heterocycles. The second-order valence-corrected chi connectivity index (χ2v) is 7.86. The lowest BCUT2D eigenvalue weighted by molar-refractivity contribution is -0.155. The number of halogens is 1. The second-order valence-electron chi connectivity index (χ2n) is 5.43. The van der Waals surface area contributed by atoms with Crippen LogP contribution in [0, 0.1) is 6.92 Å². The van der Waals surface area contributed by atoms with Crippen molar-refractivity contribution in [2.45, 2.75) is 39.8 Å². The van der Waals surface area contributed by atoms with Gasteiger partial charge in [0, 0.05) is 5.39 Å². The molecule has 2 aromatic rings. The monoisotopic (exact) mass is 358 g/mol. The molecule has 0 bridgehead atoms. The molecule has 108 valence electrons. The molecular weight excluding hydrogens is 344 g/mol. The molecule has 0 spiro atoms. The van der Waals surface area contributed by atoms with Crippen LogP contribution in [0.3, 0.4) is 0 Å². The van der Waals surface area contributed by atoms with E-state index in [1.165, 1.54) is 11.3 Å². The van der Waals surface area contributed by atoms with Gasteiger partial charge in [-0.15, -0.1) is 11.3 Å². The Morgan fingerprint density at radius 1 is 1.50 bits per heavy atom. The number of ether oxygens (including phenoxy) is 1. The first-order chi connectivity index (χ1) is 9.17. The lowest BCUT2D eigenvalue weighted by Gasteiger charge is -2.19. The average Bonchev–Trinajstić information content (AvgIpc) is 2.65. The number of thiophene rings is 1. The first-order valence-corrected chi connectivity index (χ1v) is 7.67. The third-order valence-corrected chi connectivity index (χ3v) is 4.12. The van der Waals surface area contributed by atoms with Crippen molar-refractivity contribution in [2.24, 2.45) is 0 Å². The highest BCUT2D eigenvalue weighted by atomic mass is 79.9. The van der Waals surface area contributed by atoms with Gasteiger partial charge >= 0.3 is 5.97 Å². The predicted octanol–water partition coefficient (Wildman–Crippen LogP) is 2.87. The van der Waals surface area contributed by atoms with Crippen molar-refractivity contribution in [3.8, 4) is 0 Å². The molecule has 0 radical (unpaired) electrons. The first kappa shape index (κ1) is 15.2. The SMILES string of the molecule is Cc1nn(CC(=O)OC(C)(C)C)c(=O)c2sc(Br)cc12. The van der Waals surface area contributed by atoms with Crippen LogP contribution < -0.4 is 5.56 Å². The van der Waals surface area contributed by atoms with Crippen LogP contribution in [0.5, 0.6) is 0 Å². The number of nitrogens with zero attached hydrogens (tertiary/aromatic N) is 2. The summed E-state index contributed by atoms with van der Waals surface area (Å²) in [4.78, 5) is 24.1. The van der Waals surface area contributed by atoms with E-state index in [0.29, 0.717) is 10.4 Å². The summed E-state index contributed by atoms with van der Waals surface area (Å²) in [6, 6.07) is 1.86. The summed E-state index contributed by atoms with van der Waals surface area (Å²) in [5.41, 5.74) is -0.136. The molecule has 0 fully saturated rings. The lowest BCUT2D eigenvalue weighted by atomic mass is 10.2. The van der Waals surface area contributed by atoms with Gasteiger partial charge in [-0.2, -0.15) is 5.10 Å². The molecule has 20 heavy (non-hydrogen) atoms. The molecule has 0 unspecified atom stereocenters. The Balaban J connectivity index is 2.38. The van der Waals surface area contributed by atoms with Crippen LogP contribution in [0.2, 0.25) is 0 Å². The van der Waals surface area contributed by atoms with Crippen molar-refractivity contribution in [3.05, 3.63) is 25.9 Å². The van der Waals surface area contributed by atoms with Gasteiger partial charge in [0.1, 0.15) is 16.8 Å². The normalized spacial score (nSPS) is 11.8. The van der Waals surface area contributed by atoms with Crippen molar-refractivity contribution in [3.63, 3.8) is 0 Å². The number of fused-ring (bicyclic) bond motifs is 1. The average molecular weight is 359 g/mol. The van der Waals surface area contributed by atoms with E-state index in [2.05, 4.69) is 21.0 Å². The summed E-state index contributed by atoms with van der Waals surface area (Å²) < 4.78 is 7.83. The van der Waals surface area contributed by atoms with Crippen molar-refractivity contribution in [1.82, 2.24) is 9.78 Å². The van der Waals surface area contributed by atoms with Gasteiger partial charge in [0.05, 0.1) is 9.48 Å². The standard InChI is InChI=1S/C13H15BrN2O3S/c1-7-8-5-9(14)20-11(8)12(18)16(15-7)6-10(17)19-13(2,3)4/h5H,6H2,1-4H3. The maximum absolute atomic E-state index is 12.3. The smallest absolute Gasteiger partial charge is 0.328 e. The molecule has 0 saturated heterocycles. The van der Waals surface area contributed by atoms with Crippen LogP contribution in [0.1, 0.15) is 26.5 Å². The van der Waals surface area contributed by atoms with Crippen LogP contribution in [0.25, 0.3) is 10.1 Å². The van der Waals surface area contributed by atoms with Gasteiger partial charge in [-0.1, -0.05) is 0 Å². The maximum atomic E-state index is 12.3. The number of rotatable bonds is 2. The quantitative estimate of drug-likeness (QED) is 0.774. The van der Waals surface area contributed by atoms with Crippen molar-refractivity contribution >= 4 is 43.3 Å². The van der Waals surface area contributed by atoms with Crippen LogP contribution in [0.4, 0.5) is 0 Å². The van der Waals surface area contributed by atoms with E-state index < -0.39 is 11.6 Å². The number of hydrogen-bond donors (Lipinski definition) is 0. The molecule has 5 nitrogen and oxygen atoms in total. The third-order valence-electron chi connectivity index (χ3n) is 2.49. The summed E-state index contributed by atoms with van der Waals surface area (Å²) in [6.45, 7) is 6.98. The van der Waals surface area contributed by atoms with E-state index in [4.69, 9.17) is 4.74 Å². The van der Waals surface area contributed by atoms with Gasteiger partial charge in [-0.25, -0.2) is 4.68 Å². The molecule has 0 aliphatic rings. The number of aryl methyl sites for hydroxylation is 1. The van der Waals surface area contributed by atoms with Crippen molar-refractivity contribution in [2.75, 3.05) is 0 Å². The molecule has 0 saturated carbocycles. The Bertz CT molecular complexity index is 728. The largest absolute Gasteiger partial charge is 0.459 e. The third kappa shape index (κ3) is 3.27. The molecule has 7 heteroatoms. The first-order valence-electron chi connectivity index (χ1n) is 6.06. The zero-order chi connectivity index (χ0) is 15.1. The molecule has 2 rings (SSSR count). The minimum atomic E-state index is -0.578. The van der Waals surface area contributed by atoms with Crippen LogP contribution in [-0.4, -0.2) is 21.4 Å². The lowest BCUT2D eigenvalue weighted by Crippen LogP contribution is -2.32.